The number of ether oxygens (including phenoxy) is 2. The lowest BCUT2D eigenvalue weighted by Crippen LogP contribution is -2.22. The number of amides is 1. The Balaban J connectivity index is 1.93. The van der Waals surface area contributed by atoms with Crippen LogP contribution in [0.5, 0.6) is 0 Å². The molecule has 7 nitrogen and oxygen atoms in total. The minimum Gasteiger partial charge on any atom is -0.443 e. The number of rotatable bonds is 3. The second-order valence-corrected chi connectivity index (χ2v) is 3.82. The summed E-state index contributed by atoms with van der Waals surface area (Å²) in [6.45, 7) is 0.969. The Morgan fingerprint density at radius 3 is 3.06 bits per heavy atom. The van der Waals surface area contributed by atoms with Crippen LogP contribution < -0.4 is 5.32 Å². The van der Waals surface area contributed by atoms with Gasteiger partial charge in [-0.15, -0.1) is 0 Å². The molecule has 1 saturated heterocycles. The minimum absolute atomic E-state index is 0.0861. The minimum atomic E-state index is -0.633. The highest BCUT2D eigenvalue weighted by molar-refractivity contribution is 5.85. The van der Waals surface area contributed by atoms with Gasteiger partial charge in [0.15, 0.2) is 0 Å². The van der Waals surface area contributed by atoms with Crippen LogP contribution in [0.2, 0.25) is 0 Å². The fourth-order valence-electron chi connectivity index (χ4n) is 1.60. The molecule has 1 heterocycles. The fraction of sp³-hybridized carbons (Fsp3) is 0.364. The van der Waals surface area contributed by atoms with E-state index in [2.05, 4.69) is 5.32 Å². The third-order valence-electron chi connectivity index (χ3n) is 2.46. The molecule has 96 valence electrons. The number of nitro benzene ring substituents is 1. The number of hydrogen-bond donors (Lipinski definition) is 1. The third kappa shape index (κ3) is 3.17. The summed E-state index contributed by atoms with van der Waals surface area (Å²) in [5.41, 5.74) is 0.241. The molecule has 1 aliphatic rings. The Bertz CT molecular complexity index is 457. The average molecular weight is 252 g/mol. The Labute approximate surface area is 103 Å². The number of non-ortho nitro benzene ring substituents is 1. The maximum atomic E-state index is 11.5. The molecule has 18 heavy (non-hydrogen) atoms. The van der Waals surface area contributed by atoms with Crippen molar-refractivity contribution >= 4 is 17.5 Å². The van der Waals surface area contributed by atoms with Gasteiger partial charge >= 0.3 is 6.09 Å². The van der Waals surface area contributed by atoms with Crippen molar-refractivity contribution < 1.29 is 19.2 Å². The number of carbonyl (C=O) groups excluding carboxylic acids is 1. The first-order chi connectivity index (χ1) is 8.65. The standard InChI is InChI=1S/C11H12N2O5/c14-11(18-10-4-5-17-7-10)12-8-2-1-3-9(6-8)13(15)16/h1-3,6,10H,4-5,7H2,(H,12,14)/t10-/m0/s1. The van der Waals surface area contributed by atoms with Crippen LogP contribution in [0, 0.1) is 10.1 Å². The van der Waals surface area contributed by atoms with Gasteiger partial charge in [0.2, 0.25) is 0 Å². The van der Waals surface area contributed by atoms with Crippen molar-refractivity contribution in [3.63, 3.8) is 0 Å². The maximum Gasteiger partial charge on any atom is 0.411 e. The van der Waals surface area contributed by atoms with Crippen LogP contribution in [0.3, 0.4) is 0 Å². The third-order valence-corrected chi connectivity index (χ3v) is 2.46. The second-order valence-electron chi connectivity index (χ2n) is 3.82. The van der Waals surface area contributed by atoms with Gasteiger partial charge < -0.3 is 9.47 Å². The van der Waals surface area contributed by atoms with Crippen LogP contribution in [-0.2, 0) is 9.47 Å². The van der Waals surface area contributed by atoms with Crippen molar-refractivity contribution in [2.75, 3.05) is 18.5 Å². The molecular weight excluding hydrogens is 240 g/mol. The highest BCUT2D eigenvalue weighted by atomic mass is 16.6. The quantitative estimate of drug-likeness (QED) is 0.655. The lowest BCUT2D eigenvalue weighted by Gasteiger charge is -2.10. The zero-order chi connectivity index (χ0) is 13.0. The summed E-state index contributed by atoms with van der Waals surface area (Å²) in [6.07, 6.45) is -0.211. The summed E-state index contributed by atoms with van der Waals surface area (Å²) in [5, 5.41) is 13.0. The van der Waals surface area contributed by atoms with Gasteiger partial charge in [0.05, 0.1) is 23.8 Å². The topological polar surface area (TPSA) is 90.7 Å². The Hall–Kier alpha value is -2.15. The van der Waals surface area contributed by atoms with Crippen molar-refractivity contribution in [2.24, 2.45) is 0 Å². The molecule has 7 heteroatoms. The molecule has 1 atom stereocenters. The van der Waals surface area contributed by atoms with E-state index in [-0.39, 0.29) is 11.8 Å². The summed E-state index contributed by atoms with van der Waals surface area (Å²) in [6, 6.07) is 5.67. The number of nitrogens with zero attached hydrogens (tertiary/aromatic N) is 1. The molecular formula is C11H12N2O5. The van der Waals surface area contributed by atoms with Crippen molar-refractivity contribution in [3.05, 3.63) is 34.4 Å². The summed E-state index contributed by atoms with van der Waals surface area (Å²) in [5.74, 6) is 0. The fourth-order valence-corrected chi connectivity index (χ4v) is 1.60. The first kappa shape index (κ1) is 12.3. The molecule has 1 aromatic carbocycles. The van der Waals surface area contributed by atoms with Crippen LogP contribution in [-0.4, -0.2) is 30.3 Å². The Morgan fingerprint density at radius 1 is 1.56 bits per heavy atom. The molecule has 0 aliphatic carbocycles. The van der Waals surface area contributed by atoms with Gasteiger partial charge in [-0.05, 0) is 6.07 Å². The normalized spacial score (nSPS) is 18.3. The van der Waals surface area contributed by atoms with Crippen molar-refractivity contribution in [1.29, 1.82) is 0 Å². The predicted molar refractivity (Wildman–Crippen MR) is 62.4 cm³/mol. The number of anilines is 1. The van der Waals surface area contributed by atoms with E-state index in [9.17, 15) is 14.9 Å². The Kier molecular flexibility index (Phi) is 3.73. The van der Waals surface area contributed by atoms with Gasteiger partial charge in [0.25, 0.3) is 5.69 Å². The lowest BCUT2D eigenvalue weighted by atomic mass is 10.3. The van der Waals surface area contributed by atoms with Crippen molar-refractivity contribution in [2.45, 2.75) is 12.5 Å². The van der Waals surface area contributed by atoms with E-state index in [1.807, 2.05) is 0 Å². The van der Waals surface area contributed by atoms with E-state index < -0.39 is 11.0 Å². The first-order valence-corrected chi connectivity index (χ1v) is 5.45. The van der Waals surface area contributed by atoms with Gasteiger partial charge in [0.1, 0.15) is 6.10 Å². The van der Waals surface area contributed by atoms with Crippen LogP contribution in [0.1, 0.15) is 6.42 Å². The SMILES string of the molecule is O=C(Nc1cccc([N+](=O)[O-])c1)O[C@H]1CCOC1. The van der Waals surface area contributed by atoms with E-state index in [1.165, 1.54) is 18.2 Å². The van der Waals surface area contributed by atoms with Gasteiger partial charge in [-0.25, -0.2) is 4.79 Å². The number of benzene rings is 1. The molecule has 0 spiro atoms. The average Bonchev–Trinajstić information content (AvgIpc) is 2.82. The number of hydrogen-bond acceptors (Lipinski definition) is 5. The number of nitro groups is 1. The van der Waals surface area contributed by atoms with Gasteiger partial charge in [0, 0.05) is 18.6 Å². The van der Waals surface area contributed by atoms with Crippen molar-refractivity contribution in [1.82, 2.24) is 0 Å². The number of nitrogens with one attached hydrogen (secondary N) is 1. The largest absolute Gasteiger partial charge is 0.443 e. The smallest absolute Gasteiger partial charge is 0.411 e. The molecule has 1 N–H and O–H groups in total. The summed E-state index contributed by atoms with van der Waals surface area (Å²) in [7, 11) is 0. The molecule has 0 aromatic heterocycles. The molecule has 2 rings (SSSR count). The molecule has 0 bridgehead atoms. The maximum absolute atomic E-state index is 11.5. The summed E-state index contributed by atoms with van der Waals surface area (Å²) < 4.78 is 10.1. The van der Waals surface area contributed by atoms with Gasteiger partial charge in [-0.2, -0.15) is 0 Å². The van der Waals surface area contributed by atoms with Crippen LogP contribution >= 0.6 is 0 Å². The van der Waals surface area contributed by atoms with Crippen LogP contribution in [0.25, 0.3) is 0 Å². The highest BCUT2D eigenvalue weighted by Crippen LogP contribution is 2.17. The zero-order valence-corrected chi connectivity index (χ0v) is 9.50. The van der Waals surface area contributed by atoms with E-state index in [4.69, 9.17) is 9.47 Å². The number of carbonyl (C=O) groups is 1. The lowest BCUT2D eigenvalue weighted by molar-refractivity contribution is -0.384. The van der Waals surface area contributed by atoms with Crippen LogP contribution in [0.15, 0.2) is 24.3 Å². The van der Waals surface area contributed by atoms with E-state index in [0.29, 0.717) is 25.3 Å². The predicted octanol–water partition coefficient (Wildman–Crippen LogP) is 1.93. The Morgan fingerprint density at radius 2 is 2.39 bits per heavy atom. The van der Waals surface area contributed by atoms with Gasteiger partial charge in [-0.1, -0.05) is 6.07 Å². The van der Waals surface area contributed by atoms with E-state index in [1.54, 1.807) is 6.07 Å². The molecule has 1 fully saturated rings. The molecule has 1 aromatic rings. The highest BCUT2D eigenvalue weighted by Gasteiger charge is 2.20. The molecule has 0 unspecified atom stereocenters. The molecule has 1 amide bonds. The summed E-state index contributed by atoms with van der Waals surface area (Å²) >= 11 is 0. The van der Waals surface area contributed by atoms with E-state index >= 15 is 0 Å². The molecule has 0 radical (unpaired) electrons. The van der Waals surface area contributed by atoms with Crippen LogP contribution in [0.4, 0.5) is 16.2 Å². The first-order valence-electron chi connectivity index (χ1n) is 5.45. The summed E-state index contributed by atoms with van der Waals surface area (Å²) in [4.78, 5) is 21.5. The van der Waals surface area contributed by atoms with Crippen molar-refractivity contribution in [3.8, 4) is 0 Å². The second kappa shape index (κ2) is 5.46. The van der Waals surface area contributed by atoms with E-state index in [0.717, 1.165) is 0 Å². The zero-order valence-electron chi connectivity index (χ0n) is 9.50. The molecule has 0 saturated carbocycles. The molecule has 1 aliphatic heterocycles. The van der Waals surface area contributed by atoms with Gasteiger partial charge in [-0.3, -0.25) is 15.4 Å². The monoisotopic (exact) mass is 252 g/mol.